The van der Waals surface area contributed by atoms with E-state index in [0.717, 1.165) is 0 Å². The topological polar surface area (TPSA) is 52.3 Å². The molecular weight excluding hydrogens is 326 g/mol. The summed E-state index contributed by atoms with van der Waals surface area (Å²) in [5, 5.41) is 0. The van der Waals surface area contributed by atoms with E-state index < -0.39 is 40.9 Å². The lowest BCUT2D eigenvalue weighted by molar-refractivity contribution is -0.137. The standard InChI is InChI=1S/C17H11F4NO2/c18-12-7-6-10(17(19,20)21)8-11(12)13-14(23)15(24-16(13)22)9-4-2-1-3-5-9/h1-8,15H,22H2. The minimum atomic E-state index is -4.67. The van der Waals surface area contributed by atoms with Crippen molar-refractivity contribution in [3.63, 3.8) is 0 Å². The number of Topliss-reactive ketones (excluding diaryl/α,β-unsaturated/α-hetero) is 1. The Bertz CT molecular complexity index is 828. The van der Waals surface area contributed by atoms with Crippen molar-refractivity contribution in [1.29, 1.82) is 0 Å². The van der Waals surface area contributed by atoms with Crippen molar-refractivity contribution in [3.8, 4) is 0 Å². The Morgan fingerprint density at radius 3 is 2.33 bits per heavy atom. The van der Waals surface area contributed by atoms with Crippen molar-refractivity contribution < 1.29 is 27.1 Å². The zero-order valence-electron chi connectivity index (χ0n) is 12.1. The quantitative estimate of drug-likeness (QED) is 0.848. The van der Waals surface area contributed by atoms with Crippen LogP contribution >= 0.6 is 0 Å². The lowest BCUT2D eigenvalue weighted by Crippen LogP contribution is -2.11. The van der Waals surface area contributed by atoms with Crippen LogP contribution in [0.5, 0.6) is 0 Å². The van der Waals surface area contributed by atoms with Crippen LogP contribution in [0.15, 0.2) is 54.4 Å². The van der Waals surface area contributed by atoms with Gasteiger partial charge in [0, 0.05) is 11.1 Å². The highest BCUT2D eigenvalue weighted by Crippen LogP contribution is 2.39. The van der Waals surface area contributed by atoms with Crippen LogP contribution in [0.1, 0.15) is 22.8 Å². The highest BCUT2D eigenvalue weighted by Gasteiger charge is 2.38. The molecule has 0 saturated carbocycles. The Kier molecular flexibility index (Phi) is 3.79. The summed E-state index contributed by atoms with van der Waals surface area (Å²) in [5.74, 6) is -2.06. The molecule has 2 N–H and O–H groups in total. The molecule has 1 heterocycles. The van der Waals surface area contributed by atoms with E-state index in [1.165, 1.54) is 0 Å². The number of carbonyl (C=O) groups is 1. The van der Waals surface area contributed by atoms with Crippen LogP contribution in [-0.4, -0.2) is 5.78 Å². The van der Waals surface area contributed by atoms with Gasteiger partial charge < -0.3 is 10.5 Å². The second kappa shape index (κ2) is 5.67. The van der Waals surface area contributed by atoms with Gasteiger partial charge in [-0.05, 0) is 18.2 Å². The molecule has 1 aliphatic rings. The Labute approximate surface area is 134 Å². The van der Waals surface area contributed by atoms with Crippen molar-refractivity contribution in [1.82, 2.24) is 0 Å². The van der Waals surface area contributed by atoms with Gasteiger partial charge in [0.25, 0.3) is 0 Å². The minimum absolute atomic E-state index is 0.382. The van der Waals surface area contributed by atoms with Crippen LogP contribution in [0.2, 0.25) is 0 Å². The van der Waals surface area contributed by atoms with Crippen molar-refractivity contribution in [2.24, 2.45) is 5.73 Å². The Morgan fingerprint density at radius 1 is 1.04 bits per heavy atom. The summed E-state index contributed by atoms with van der Waals surface area (Å²) >= 11 is 0. The molecule has 0 aliphatic carbocycles. The molecular formula is C17H11F4NO2. The van der Waals surface area contributed by atoms with Crippen LogP contribution in [0.4, 0.5) is 17.6 Å². The molecule has 1 atom stereocenters. The van der Waals surface area contributed by atoms with E-state index in [0.29, 0.717) is 23.8 Å². The normalized spacial score (nSPS) is 18.0. The van der Waals surface area contributed by atoms with Gasteiger partial charge in [-0.15, -0.1) is 0 Å². The molecule has 124 valence electrons. The fourth-order valence-electron chi connectivity index (χ4n) is 2.50. The number of hydrogen-bond donors (Lipinski definition) is 1. The van der Waals surface area contributed by atoms with E-state index >= 15 is 0 Å². The summed E-state index contributed by atoms with van der Waals surface area (Å²) in [6.45, 7) is 0. The van der Waals surface area contributed by atoms with Gasteiger partial charge in [0.15, 0.2) is 12.0 Å². The molecule has 7 heteroatoms. The summed E-state index contributed by atoms with van der Waals surface area (Å²) in [6, 6.07) is 10.1. The van der Waals surface area contributed by atoms with Crippen LogP contribution < -0.4 is 5.73 Å². The number of ketones is 1. The van der Waals surface area contributed by atoms with Gasteiger partial charge in [0.05, 0.1) is 11.1 Å². The van der Waals surface area contributed by atoms with Crippen LogP contribution in [-0.2, 0) is 15.7 Å². The maximum atomic E-state index is 14.0. The number of alkyl halides is 3. The SMILES string of the molecule is NC1=C(c2cc(C(F)(F)F)ccc2F)C(=O)C(c2ccccc2)O1. The van der Waals surface area contributed by atoms with E-state index in [-0.39, 0.29) is 5.57 Å². The average Bonchev–Trinajstić information content (AvgIpc) is 2.83. The monoisotopic (exact) mass is 337 g/mol. The molecule has 0 aromatic heterocycles. The molecule has 3 rings (SSSR count). The highest BCUT2D eigenvalue weighted by atomic mass is 19.4. The number of hydrogen-bond acceptors (Lipinski definition) is 3. The maximum Gasteiger partial charge on any atom is 0.416 e. The van der Waals surface area contributed by atoms with Crippen molar-refractivity contribution in [2.45, 2.75) is 12.3 Å². The molecule has 0 bridgehead atoms. The fourth-order valence-corrected chi connectivity index (χ4v) is 2.50. The summed E-state index contributed by atoms with van der Waals surface area (Å²) in [5.41, 5.74) is 4.15. The number of rotatable bonds is 2. The molecule has 2 aromatic rings. The van der Waals surface area contributed by atoms with Gasteiger partial charge >= 0.3 is 6.18 Å². The van der Waals surface area contributed by atoms with E-state index in [1.807, 2.05) is 0 Å². The first-order valence-corrected chi connectivity index (χ1v) is 6.91. The zero-order chi connectivity index (χ0) is 17.5. The van der Waals surface area contributed by atoms with E-state index in [1.54, 1.807) is 30.3 Å². The van der Waals surface area contributed by atoms with Gasteiger partial charge in [-0.3, -0.25) is 4.79 Å². The van der Waals surface area contributed by atoms with Gasteiger partial charge in [-0.2, -0.15) is 13.2 Å². The maximum absolute atomic E-state index is 14.0. The van der Waals surface area contributed by atoms with Crippen LogP contribution in [0.25, 0.3) is 5.57 Å². The van der Waals surface area contributed by atoms with E-state index in [2.05, 4.69) is 0 Å². The molecule has 24 heavy (non-hydrogen) atoms. The summed E-state index contributed by atoms with van der Waals surface area (Å²) in [6.07, 6.45) is -5.77. The Hall–Kier alpha value is -2.83. The first-order chi connectivity index (χ1) is 11.3. The number of benzene rings is 2. The van der Waals surface area contributed by atoms with Crippen LogP contribution in [0.3, 0.4) is 0 Å². The lowest BCUT2D eigenvalue weighted by Gasteiger charge is -2.11. The smallest absolute Gasteiger partial charge is 0.416 e. The molecule has 0 radical (unpaired) electrons. The molecule has 3 nitrogen and oxygen atoms in total. The summed E-state index contributed by atoms with van der Waals surface area (Å²) in [7, 11) is 0. The summed E-state index contributed by atoms with van der Waals surface area (Å²) in [4.78, 5) is 12.5. The third-order valence-electron chi connectivity index (χ3n) is 3.64. The van der Waals surface area contributed by atoms with Gasteiger partial charge in [0.1, 0.15) is 5.82 Å². The Balaban J connectivity index is 2.04. The number of ether oxygens (including phenoxy) is 1. The number of carbonyl (C=O) groups excluding carboxylic acids is 1. The summed E-state index contributed by atoms with van der Waals surface area (Å²) < 4.78 is 57.8. The second-order valence-electron chi connectivity index (χ2n) is 5.20. The third kappa shape index (κ3) is 2.73. The first kappa shape index (κ1) is 16.0. The molecule has 1 unspecified atom stereocenters. The van der Waals surface area contributed by atoms with Crippen molar-refractivity contribution in [3.05, 3.63) is 76.9 Å². The van der Waals surface area contributed by atoms with E-state index in [4.69, 9.17) is 10.5 Å². The van der Waals surface area contributed by atoms with E-state index in [9.17, 15) is 22.4 Å². The average molecular weight is 337 g/mol. The predicted molar refractivity (Wildman–Crippen MR) is 77.8 cm³/mol. The Morgan fingerprint density at radius 2 is 1.71 bits per heavy atom. The van der Waals surface area contributed by atoms with Crippen LogP contribution in [0, 0.1) is 5.82 Å². The number of halogens is 4. The molecule has 1 aliphatic heterocycles. The third-order valence-corrected chi connectivity index (χ3v) is 3.64. The highest BCUT2D eigenvalue weighted by molar-refractivity contribution is 6.25. The van der Waals surface area contributed by atoms with Crippen molar-refractivity contribution in [2.75, 3.05) is 0 Å². The fraction of sp³-hybridized carbons (Fsp3) is 0.118. The second-order valence-corrected chi connectivity index (χ2v) is 5.20. The molecule has 2 aromatic carbocycles. The molecule has 0 spiro atoms. The van der Waals surface area contributed by atoms with Crippen molar-refractivity contribution >= 4 is 11.4 Å². The lowest BCUT2D eigenvalue weighted by atomic mass is 9.95. The van der Waals surface area contributed by atoms with Gasteiger partial charge in [-0.1, -0.05) is 30.3 Å². The largest absolute Gasteiger partial charge is 0.462 e. The van der Waals surface area contributed by atoms with Gasteiger partial charge in [0.2, 0.25) is 5.78 Å². The molecule has 0 amide bonds. The first-order valence-electron chi connectivity index (χ1n) is 6.91. The van der Waals surface area contributed by atoms with Gasteiger partial charge in [-0.25, -0.2) is 4.39 Å². The predicted octanol–water partition coefficient (Wildman–Crippen LogP) is 3.81. The molecule has 0 saturated heterocycles. The number of nitrogens with two attached hydrogens (primary N) is 1. The zero-order valence-corrected chi connectivity index (χ0v) is 12.1. The minimum Gasteiger partial charge on any atom is -0.462 e. The molecule has 0 fully saturated rings.